The fourth-order valence-electron chi connectivity index (χ4n) is 5.81. The van der Waals surface area contributed by atoms with E-state index in [4.69, 9.17) is 0 Å². The van der Waals surface area contributed by atoms with Gasteiger partial charge in [0.25, 0.3) is 0 Å². The second-order valence-corrected chi connectivity index (χ2v) is 8.98. The summed E-state index contributed by atoms with van der Waals surface area (Å²) >= 11 is 0. The number of amides is 2. The average Bonchev–Trinajstić information content (AvgIpc) is 3.01. The molecular formula is C25H38N4O. The van der Waals surface area contributed by atoms with Crippen molar-refractivity contribution in [3.05, 3.63) is 34.5 Å². The number of rotatable bonds is 6. The maximum Gasteiger partial charge on any atom is 0.336 e. The number of piperidine rings is 1. The van der Waals surface area contributed by atoms with E-state index in [1.807, 2.05) is 18.7 Å². The van der Waals surface area contributed by atoms with E-state index >= 15 is 0 Å². The highest BCUT2D eigenvalue weighted by Crippen LogP contribution is 2.45. The standard InChI is InChI=1S/C25H38N4O/c1-6-12-28-13-10-11-19-21-14-18(7-2)15-23-24(21)20(16-22(19)28)17(5)29(23)26-25(30)27(8-3)9-4/h14-15,19,22H,6-13,16H2,1-5H3,(H,26,30)/t19-,22-/m1/s1. The summed E-state index contributed by atoms with van der Waals surface area (Å²) in [6.45, 7) is 14.6. The second kappa shape index (κ2) is 8.62. The van der Waals surface area contributed by atoms with Gasteiger partial charge in [-0.25, -0.2) is 10.2 Å². The van der Waals surface area contributed by atoms with Gasteiger partial charge in [-0.3, -0.25) is 9.58 Å². The number of aryl methyl sites for hydroxylation is 1. The van der Waals surface area contributed by atoms with Crippen LogP contribution >= 0.6 is 0 Å². The van der Waals surface area contributed by atoms with Crippen molar-refractivity contribution in [2.45, 2.75) is 78.7 Å². The monoisotopic (exact) mass is 410 g/mol. The third-order valence-corrected chi connectivity index (χ3v) is 7.41. The molecule has 1 aliphatic heterocycles. The number of likely N-dealkylation sites (tertiary alicyclic amines) is 1. The molecule has 164 valence electrons. The van der Waals surface area contributed by atoms with Gasteiger partial charge in [-0.15, -0.1) is 0 Å². The molecule has 0 saturated carbocycles. The highest BCUT2D eigenvalue weighted by Gasteiger charge is 2.39. The average molecular weight is 411 g/mol. The molecule has 5 nitrogen and oxygen atoms in total. The van der Waals surface area contributed by atoms with Crippen LogP contribution in [0.1, 0.15) is 75.3 Å². The maximum atomic E-state index is 12.9. The highest BCUT2D eigenvalue weighted by molar-refractivity contribution is 5.93. The minimum Gasteiger partial charge on any atom is -0.324 e. The maximum absolute atomic E-state index is 12.9. The molecule has 1 aliphatic carbocycles. The van der Waals surface area contributed by atoms with E-state index in [9.17, 15) is 4.79 Å². The van der Waals surface area contributed by atoms with E-state index in [2.05, 4.69) is 47.9 Å². The first-order valence-electron chi connectivity index (χ1n) is 12.0. The summed E-state index contributed by atoms with van der Waals surface area (Å²) < 4.78 is 2.08. The van der Waals surface area contributed by atoms with E-state index in [-0.39, 0.29) is 6.03 Å². The van der Waals surface area contributed by atoms with Gasteiger partial charge >= 0.3 is 6.03 Å². The van der Waals surface area contributed by atoms with Crippen molar-refractivity contribution in [2.75, 3.05) is 31.6 Å². The van der Waals surface area contributed by atoms with Gasteiger partial charge in [0, 0.05) is 36.1 Å². The van der Waals surface area contributed by atoms with Gasteiger partial charge in [-0.05, 0) is 88.7 Å². The molecule has 2 heterocycles. The summed E-state index contributed by atoms with van der Waals surface area (Å²) in [5, 5.41) is 1.41. The van der Waals surface area contributed by atoms with Gasteiger partial charge in [-0.2, -0.15) is 0 Å². The summed E-state index contributed by atoms with van der Waals surface area (Å²) in [7, 11) is 0. The van der Waals surface area contributed by atoms with Gasteiger partial charge in [-0.1, -0.05) is 19.9 Å². The van der Waals surface area contributed by atoms with Crippen LogP contribution in [0.5, 0.6) is 0 Å². The zero-order valence-corrected chi connectivity index (χ0v) is 19.4. The molecular weight excluding hydrogens is 372 g/mol. The van der Waals surface area contributed by atoms with Crippen molar-refractivity contribution < 1.29 is 4.79 Å². The quantitative estimate of drug-likeness (QED) is 0.725. The Kier molecular flexibility index (Phi) is 6.10. The topological polar surface area (TPSA) is 40.5 Å². The lowest BCUT2D eigenvalue weighted by molar-refractivity contribution is 0.124. The van der Waals surface area contributed by atoms with Gasteiger partial charge in [0.05, 0.1) is 5.52 Å². The van der Waals surface area contributed by atoms with E-state index < -0.39 is 0 Å². The molecule has 1 saturated heterocycles. The normalized spacial score (nSPS) is 21.0. The summed E-state index contributed by atoms with van der Waals surface area (Å²) in [5.74, 6) is 0.612. The number of benzene rings is 1. The Balaban J connectivity index is 1.84. The molecule has 5 heteroatoms. The first-order chi connectivity index (χ1) is 14.5. The molecule has 2 atom stereocenters. The molecule has 1 N–H and O–H groups in total. The Morgan fingerprint density at radius 3 is 2.63 bits per heavy atom. The second-order valence-electron chi connectivity index (χ2n) is 8.98. The van der Waals surface area contributed by atoms with Gasteiger partial charge in [0.1, 0.15) is 0 Å². The van der Waals surface area contributed by atoms with Crippen molar-refractivity contribution in [1.29, 1.82) is 0 Å². The van der Waals surface area contributed by atoms with E-state index in [0.29, 0.717) is 12.0 Å². The van der Waals surface area contributed by atoms with Crippen LogP contribution in [0.3, 0.4) is 0 Å². The number of carbonyl (C=O) groups excluding carboxylic acids is 1. The van der Waals surface area contributed by atoms with Crippen molar-refractivity contribution in [3.63, 3.8) is 0 Å². The van der Waals surface area contributed by atoms with Crippen molar-refractivity contribution in [3.8, 4) is 0 Å². The number of fused-ring (bicyclic) bond motifs is 2. The number of urea groups is 1. The molecule has 2 amide bonds. The molecule has 1 aromatic heterocycles. The molecule has 1 aromatic carbocycles. The minimum absolute atomic E-state index is 0.0146. The number of nitrogens with zero attached hydrogens (tertiary/aromatic N) is 3. The molecule has 30 heavy (non-hydrogen) atoms. The van der Waals surface area contributed by atoms with Crippen LogP contribution in [0.2, 0.25) is 0 Å². The van der Waals surface area contributed by atoms with Gasteiger partial charge in [0.15, 0.2) is 0 Å². The summed E-state index contributed by atoms with van der Waals surface area (Å²) in [5.41, 5.74) is 9.93. The number of aromatic nitrogens is 1. The van der Waals surface area contributed by atoms with E-state index in [0.717, 1.165) is 25.9 Å². The van der Waals surface area contributed by atoms with Crippen LogP contribution in [-0.2, 0) is 12.8 Å². The lowest BCUT2D eigenvalue weighted by Gasteiger charge is -2.44. The molecule has 2 aromatic rings. The smallest absolute Gasteiger partial charge is 0.324 e. The summed E-state index contributed by atoms with van der Waals surface area (Å²) in [6.07, 6.45) is 5.89. The molecule has 0 unspecified atom stereocenters. The zero-order chi connectivity index (χ0) is 21.4. The van der Waals surface area contributed by atoms with Crippen LogP contribution in [-0.4, -0.2) is 52.7 Å². The Bertz CT molecular complexity index is 925. The number of carbonyl (C=O) groups is 1. The Hall–Kier alpha value is -2.01. The number of hydrogen-bond acceptors (Lipinski definition) is 2. The molecule has 2 aliphatic rings. The first-order valence-corrected chi connectivity index (χ1v) is 12.0. The van der Waals surface area contributed by atoms with Crippen molar-refractivity contribution in [1.82, 2.24) is 14.5 Å². The van der Waals surface area contributed by atoms with Crippen LogP contribution in [0.15, 0.2) is 12.1 Å². The molecule has 4 rings (SSSR count). The van der Waals surface area contributed by atoms with E-state index in [1.165, 1.54) is 65.6 Å². The molecule has 0 radical (unpaired) electrons. The van der Waals surface area contributed by atoms with Crippen LogP contribution in [0.25, 0.3) is 10.9 Å². The zero-order valence-electron chi connectivity index (χ0n) is 19.4. The highest BCUT2D eigenvalue weighted by atomic mass is 16.2. The summed E-state index contributed by atoms with van der Waals surface area (Å²) in [6, 6.07) is 5.34. The Labute approximate surface area is 181 Å². The fourth-order valence-corrected chi connectivity index (χ4v) is 5.81. The first kappa shape index (κ1) is 21.2. The molecule has 0 bridgehead atoms. The predicted octanol–water partition coefficient (Wildman–Crippen LogP) is 5.03. The minimum atomic E-state index is -0.0146. The molecule has 1 fully saturated rings. The van der Waals surface area contributed by atoms with Crippen molar-refractivity contribution >= 4 is 16.9 Å². The SMILES string of the molecule is CCCN1CCC[C@@H]2c3cc(CC)cc4c3c(c(C)n4NC(=O)N(CC)CC)C[C@H]21. The molecule has 0 spiro atoms. The van der Waals surface area contributed by atoms with Crippen LogP contribution < -0.4 is 5.43 Å². The van der Waals surface area contributed by atoms with Gasteiger partial charge in [0.2, 0.25) is 0 Å². The lowest BCUT2D eigenvalue weighted by atomic mass is 9.74. The lowest BCUT2D eigenvalue weighted by Crippen LogP contribution is -2.47. The predicted molar refractivity (Wildman–Crippen MR) is 125 cm³/mol. The third-order valence-electron chi connectivity index (χ3n) is 7.41. The van der Waals surface area contributed by atoms with Crippen molar-refractivity contribution in [2.24, 2.45) is 0 Å². The third kappa shape index (κ3) is 3.41. The largest absolute Gasteiger partial charge is 0.336 e. The van der Waals surface area contributed by atoms with Crippen LogP contribution in [0, 0.1) is 6.92 Å². The number of nitrogens with one attached hydrogen (secondary N) is 1. The fraction of sp³-hybridized carbons (Fsp3) is 0.640. The Morgan fingerprint density at radius 2 is 1.97 bits per heavy atom. The number of hydrogen-bond donors (Lipinski definition) is 1. The van der Waals surface area contributed by atoms with Crippen LogP contribution in [0.4, 0.5) is 4.79 Å². The summed E-state index contributed by atoms with van der Waals surface area (Å²) in [4.78, 5) is 17.5. The Morgan fingerprint density at radius 1 is 1.20 bits per heavy atom. The van der Waals surface area contributed by atoms with E-state index in [1.54, 1.807) is 0 Å². The van der Waals surface area contributed by atoms with Gasteiger partial charge < -0.3 is 4.90 Å².